The molecule has 0 aliphatic rings. The smallest absolute Gasteiger partial charge is 0.408 e. The van der Waals surface area contributed by atoms with Gasteiger partial charge in [-0.3, -0.25) is 0 Å². The van der Waals surface area contributed by atoms with E-state index in [0.29, 0.717) is 0 Å². The number of rotatable bonds is 6. The van der Waals surface area contributed by atoms with E-state index in [0.717, 1.165) is 11.1 Å². The monoisotopic (exact) mass is 331 g/mol. The van der Waals surface area contributed by atoms with Gasteiger partial charge in [0.25, 0.3) is 0 Å². The molecule has 0 aromatic heterocycles. The van der Waals surface area contributed by atoms with Gasteiger partial charge in [-0.2, -0.15) is 0 Å². The molecule has 0 saturated carbocycles. The maximum atomic E-state index is 12.3. The lowest BCUT2D eigenvalue weighted by molar-refractivity contribution is -0.147. The summed E-state index contributed by atoms with van der Waals surface area (Å²) in [5, 5.41) is 2.55. The van der Waals surface area contributed by atoms with Crippen LogP contribution in [0.25, 0.3) is 0 Å². The molecule has 0 spiro atoms. The summed E-state index contributed by atoms with van der Waals surface area (Å²) >= 11 is 0. The highest BCUT2D eigenvalue weighted by Gasteiger charge is 2.25. The van der Waals surface area contributed by atoms with E-state index in [1.165, 1.54) is 0 Å². The molecular formula is C19H25NO4. The van der Waals surface area contributed by atoms with Crippen molar-refractivity contribution in [3.63, 3.8) is 0 Å². The van der Waals surface area contributed by atoms with Crippen LogP contribution < -0.4 is 5.32 Å². The Labute approximate surface area is 143 Å². The Morgan fingerprint density at radius 1 is 1.25 bits per heavy atom. The lowest BCUT2D eigenvalue weighted by Crippen LogP contribution is -2.44. The number of nitrogens with one attached hydrogen (secondary N) is 1. The Balaban J connectivity index is 2.71. The number of carbonyl (C=O) groups excluding carboxylic acids is 2. The van der Waals surface area contributed by atoms with Crippen LogP contribution in [0.15, 0.2) is 48.2 Å². The van der Waals surface area contributed by atoms with Crippen LogP contribution in [0.4, 0.5) is 4.79 Å². The number of alkyl carbamates (subject to hydrolysis) is 1. The van der Waals surface area contributed by atoms with Gasteiger partial charge in [-0.15, -0.1) is 5.73 Å². The molecule has 0 fully saturated rings. The molecule has 0 aliphatic carbocycles. The van der Waals surface area contributed by atoms with E-state index in [1.807, 2.05) is 30.3 Å². The average molecular weight is 331 g/mol. The SMILES string of the molecule is C=C=C(C)C[C@H](NC(=O)OC(C)(C)C)C(=O)OCc1ccccc1. The largest absolute Gasteiger partial charge is 0.459 e. The lowest BCUT2D eigenvalue weighted by atomic mass is 10.1. The van der Waals surface area contributed by atoms with Gasteiger partial charge >= 0.3 is 12.1 Å². The number of amides is 1. The molecule has 0 unspecified atom stereocenters. The molecule has 0 radical (unpaired) electrons. The molecule has 0 aliphatic heterocycles. The Morgan fingerprint density at radius 2 is 1.88 bits per heavy atom. The fourth-order valence-corrected chi connectivity index (χ4v) is 1.85. The molecule has 0 bridgehead atoms. The second-order valence-electron chi connectivity index (χ2n) is 6.45. The topological polar surface area (TPSA) is 64.6 Å². The molecule has 5 heteroatoms. The molecular weight excluding hydrogens is 306 g/mol. The summed E-state index contributed by atoms with van der Waals surface area (Å²) in [6.45, 7) is 10.7. The Hall–Kier alpha value is -2.52. The van der Waals surface area contributed by atoms with Crippen molar-refractivity contribution in [3.8, 4) is 0 Å². The summed E-state index contributed by atoms with van der Waals surface area (Å²) < 4.78 is 10.5. The fraction of sp³-hybridized carbons (Fsp3) is 0.421. The van der Waals surface area contributed by atoms with Crippen LogP contribution in [-0.4, -0.2) is 23.7 Å². The van der Waals surface area contributed by atoms with Gasteiger partial charge in [-0.05, 0) is 38.8 Å². The van der Waals surface area contributed by atoms with Gasteiger partial charge in [0.15, 0.2) is 0 Å². The molecule has 1 atom stereocenters. The molecule has 1 aromatic carbocycles. The molecule has 0 saturated heterocycles. The zero-order chi connectivity index (χ0) is 18.2. The van der Waals surface area contributed by atoms with E-state index in [4.69, 9.17) is 9.47 Å². The first kappa shape index (κ1) is 19.5. The quantitative estimate of drug-likeness (QED) is 0.637. The van der Waals surface area contributed by atoms with Crippen molar-refractivity contribution in [2.24, 2.45) is 0 Å². The summed E-state index contributed by atoms with van der Waals surface area (Å²) in [6.07, 6.45) is -0.405. The van der Waals surface area contributed by atoms with E-state index >= 15 is 0 Å². The van der Waals surface area contributed by atoms with E-state index < -0.39 is 23.7 Å². The Bertz CT molecular complexity index is 610. The van der Waals surface area contributed by atoms with Crippen LogP contribution >= 0.6 is 0 Å². The van der Waals surface area contributed by atoms with Crippen LogP contribution in [-0.2, 0) is 20.9 Å². The van der Waals surface area contributed by atoms with Crippen molar-refractivity contribution in [3.05, 3.63) is 53.8 Å². The van der Waals surface area contributed by atoms with Crippen molar-refractivity contribution in [2.75, 3.05) is 0 Å². The summed E-state index contributed by atoms with van der Waals surface area (Å²) in [5.41, 5.74) is 3.68. The predicted molar refractivity (Wildman–Crippen MR) is 92.3 cm³/mol. The number of hydrogen-bond acceptors (Lipinski definition) is 4. The highest BCUT2D eigenvalue weighted by atomic mass is 16.6. The van der Waals surface area contributed by atoms with E-state index in [1.54, 1.807) is 27.7 Å². The highest BCUT2D eigenvalue weighted by molar-refractivity contribution is 5.81. The minimum absolute atomic E-state index is 0.142. The summed E-state index contributed by atoms with van der Waals surface area (Å²) in [4.78, 5) is 24.2. The fourth-order valence-electron chi connectivity index (χ4n) is 1.85. The van der Waals surface area contributed by atoms with Crippen molar-refractivity contribution < 1.29 is 19.1 Å². The molecule has 130 valence electrons. The molecule has 1 amide bonds. The van der Waals surface area contributed by atoms with Gasteiger partial charge in [-0.25, -0.2) is 9.59 Å². The van der Waals surface area contributed by atoms with Crippen molar-refractivity contribution in [1.82, 2.24) is 5.32 Å². The maximum absolute atomic E-state index is 12.3. The molecule has 24 heavy (non-hydrogen) atoms. The van der Waals surface area contributed by atoms with Gasteiger partial charge in [-0.1, -0.05) is 36.9 Å². The molecule has 1 rings (SSSR count). The minimum Gasteiger partial charge on any atom is -0.459 e. The van der Waals surface area contributed by atoms with E-state index in [2.05, 4.69) is 17.6 Å². The molecule has 0 heterocycles. The van der Waals surface area contributed by atoms with Crippen LogP contribution in [0.3, 0.4) is 0 Å². The number of esters is 1. The van der Waals surface area contributed by atoms with Gasteiger partial charge in [0.05, 0.1) is 0 Å². The lowest BCUT2D eigenvalue weighted by Gasteiger charge is -2.23. The Morgan fingerprint density at radius 3 is 2.42 bits per heavy atom. The first-order chi connectivity index (χ1) is 11.2. The second-order valence-corrected chi connectivity index (χ2v) is 6.45. The second kappa shape index (κ2) is 8.94. The van der Waals surface area contributed by atoms with Crippen molar-refractivity contribution >= 4 is 12.1 Å². The van der Waals surface area contributed by atoms with Crippen LogP contribution in [0.2, 0.25) is 0 Å². The first-order valence-electron chi connectivity index (χ1n) is 7.77. The van der Waals surface area contributed by atoms with Gasteiger partial charge in [0, 0.05) is 6.42 Å². The van der Waals surface area contributed by atoms with Crippen LogP contribution in [0.1, 0.15) is 39.7 Å². The number of carbonyl (C=O) groups is 2. The zero-order valence-corrected chi connectivity index (χ0v) is 14.7. The standard InChI is InChI=1S/C19H25NO4/c1-6-14(2)12-16(20-18(22)24-19(3,4)5)17(21)23-13-15-10-8-7-9-11-15/h7-11,16H,1,12-13H2,2-5H3,(H,20,22)/t16-/m0/s1. The highest BCUT2D eigenvalue weighted by Crippen LogP contribution is 2.11. The van der Waals surface area contributed by atoms with Crippen molar-refractivity contribution in [1.29, 1.82) is 0 Å². The van der Waals surface area contributed by atoms with E-state index in [9.17, 15) is 9.59 Å². The summed E-state index contributed by atoms with van der Waals surface area (Å²) in [5.74, 6) is -0.528. The van der Waals surface area contributed by atoms with Crippen molar-refractivity contribution in [2.45, 2.75) is 52.4 Å². The maximum Gasteiger partial charge on any atom is 0.408 e. The minimum atomic E-state index is -0.849. The van der Waals surface area contributed by atoms with Gasteiger partial charge < -0.3 is 14.8 Å². The number of hydrogen-bond donors (Lipinski definition) is 1. The predicted octanol–water partition coefficient (Wildman–Crippen LogP) is 3.74. The summed E-state index contributed by atoms with van der Waals surface area (Å²) in [6, 6.07) is 8.49. The number of benzene rings is 1. The summed E-state index contributed by atoms with van der Waals surface area (Å²) in [7, 11) is 0. The van der Waals surface area contributed by atoms with Crippen LogP contribution in [0.5, 0.6) is 0 Å². The van der Waals surface area contributed by atoms with Gasteiger partial charge in [0.1, 0.15) is 18.2 Å². The third kappa shape index (κ3) is 7.65. The third-order valence-electron chi connectivity index (χ3n) is 3.01. The molecule has 1 N–H and O–H groups in total. The molecule has 5 nitrogen and oxygen atoms in total. The van der Waals surface area contributed by atoms with Gasteiger partial charge in [0.2, 0.25) is 0 Å². The Kier molecular flexibility index (Phi) is 7.28. The third-order valence-corrected chi connectivity index (χ3v) is 3.01. The average Bonchev–Trinajstić information content (AvgIpc) is 2.51. The van der Waals surface area contributed by atoms with E-state index in [-0.39, 0.29) is 13.0 Å². The van der Waals surface area contributed by atoms with Crippen LogP contribution in [0, 0.1) is 0 Å². The normalized spacial score (nSPS) is 11.8. The number of ether oxygens (including phenoxy) is 2. The molecule has 1 aromatic rings. The first-order valence-corrected chi connectivity index (χ1v) is 7.77. The zero-order valence-electron chi connectivity index (χ0n) is 14.7.